The number of rotatable bonds is 6. The van der Waals surface area contributed by atoms with Crippen molar-refractivity contribution in [1.82, 2.24) is 4.90 Å². The van der Waals surface area contributed by atoms with E-state index in [0.717, 1.165) is 38.3 Å². The van der Waals surface area contributed by atoms with E-state index in [1.54, 1.807) is 0 Å². The second-order valence-electron chi connectivity index (χ2n) is 7.01. The van der Waals surface area contributed by atoms with Gasteiger partial charge in [0, 0.05) is 25.9 Å². The molecule has 2 fully saturated rings. The van der Waals surface area contributed by atoms with Crippen molar-refractivity contribution in [3.63, 3.8) is 0 Å². The molecule has 1 N–H and O–H groups in total. The molecule has 1 aliphatic carbocycles. The van der Waals surface area contributed by atoms with E-state index in [1.807, 2.05) is 11.8 Å². The highest BCUT2D eigenvalue weighted by atomic mass is 16.4. The molecule has 2 rings (SSSR count). The maximum atomic E-state index is 12.4. The van der Waals surface area contributed by atoms with Crippen molar-refractivity contribution in [1.29, 1.82) is 0 Å². The maximum absolute atomic E-state index is 12.4. The van der Waals surface area contributed by atoms with Gasteiger partial charge < -0.3 is 10.0 Å². The first-order valence-electron chi connectivity index (χ1n) is 8.56. The molecule has 0 aromatic heterocycles. The van der Waals surface area contributed by atoms with Crippen molar-refractivity contribution in [3.05, 3.63) is 0 Å². The van der Waals surface area contributed by atoms with E-state index in [0.29, 0.717) is 12.3 Å². The highest BCUT2D eigenvalue weighted by Gasteiger charge is 2.28. The first-order chi connectivity index (χ1) is 10.1. The molecule has 1 amide bonds. The average Bonchev–Trinajstić information content (AvgIpc) is 2.97. The molecular formula is C17H29NO3. The molecule has 4 nitrogen and oxygen atoms in total. The Morgan fingerprint density at radius 1 is 1.19 bits per heavy atom. The summed E-state index contributed by atoms with van der Waals surface area (Å²) in [7, 11) is 0. The average molecular weight is 295 g/mol. The monoisotopic (exact) mass is 295 g/mol. The third-order valence-corrected chi connectivity index (χ3v) is 5.35. The number of amides is 1. The predicted octanol–water partition coefficient (Wildman–Crippen LogP) is 3.31. The van der Waals surface area contributed by atoms with Crippen LogP contribution in [0.1, 0.15) is 64.7 Å². The lowest BCUT2D eigenvalue weighted by atomic mass is 9.84. The minimum atomic E-state index is -0.729. The van der Waals surface area contributed by atoms with Gasteiger partial charge in [0.2, 0.25) is 5.91 Å². The molecule has 0 aromatic carbocycles. The molecule has 0 radical (unpaired) electrons. The summed E-state index contributed by atoms with van der Waals surface area (Å²) in [4.78, 5) is 25.2. The number of carboxylic acid groups (broad SMARTS) is 1. The van der Waals surface area contributed by atoms with Crippen LogP contribution in [0.15, 0.2) is 0 Å². The fourth-order valence-electron chi connectivity index (χ4n) is 3.93. The van der Waals surface area contributed by atoms with Crippen molar-refractivity contribution in [2.24, 2.45) is 17.8 Å². The van der Waals surface area contributed by atoms with Gasteiger partial charge in [-0.05, 0) is 37.0 Å². The first kappa shape index (κ1) is 16.3. The number of carbonyl (C=O) groups is 2. The molecule has 2 atom stereocenters. The van der Waals surface area contributed by atoms with Gasteiger partial charge in [-0.25, -0.2) is 0 Å². The molecule has 4 heteroatoms. The molecule has 120 valence electrons. The lowest BCUT2D eigenvalue weighted by Crippen LogP contribution is -2.42. The fourth-order valence-corrected chi connectivity index (χ4v) is 3.93. The van der Waals surface area contributed by atoms with Gasteiger partial charge in [0.05, 0.1) is 0 Å². The van der Waals surface area contributed by atoms with Crippen molar-refractivity contribution in [2.45, 2.75) is 64.7 Å². The van der Waals surface area contributed by atoms with Crippen LogP contribution in [0.3, 0.4) is 0 Å². The smallest absolute Gasteiger partial charge is 0.303 e. The molecule has 1 saturated carbocycles. The Hall–Kier alpha value is -1.06. The summed E-state index contributed by atoms with van der Waals surface area (Å²) in [6.07, 6.45) is 9.28. The SMILES string of the molecule is CC(CC(=O)O)C1CCCN(C(=O)CCC2CCCC2)C1. The quantitative estimate of drug-likeness (QED) is 0.818. The Morgan fingerprint density at radius 3 is 2.57 bits per heavy atom. The number of carboxylic acids is 1. The number of nitrogens with zero attached hydrogens (tertiary/aromatic N) is 1. The minimum Gasteiger partial charge on any atom is -0.481 e. The van der Waals surface area contributed by atoms with Crippen LogP contribution in [-0.2, 0) is 9.59 Å². The number of hydrogen-bond donors (Lipinski definition) is 1. The Kier molecular flexibility index (Phi) is 6.07. The highest BCUT2D eigenvalue weighted by molar-refractivity contribution is 5.76. The first-order valence-corrected chi connectivity index (χ1v) is 8.56. The number of hydrogen-bond acceptors (Lipinski definition) is 2. The van der Waals surface area contributed by atoms with E-state index in [2.05, 4.69) is 0 Å². The van der Waals surface area contributed by atoms with Crippen molar-refractivity contribution >= 4 is 11.9 Å². The van der Waals surface area contributed by atoms with Gasteiger partial charge in [-0.1, -0.05) is 32.6 Å². The van der Waals surface area contributed by atoms with Crippen LogP contribution in [0.2, 0.25) is 0 Å². The summed E-state index contributed by atoms with van der Waals surface area (Å²) in [5.41, 5.74) is 0. The topological polar surface area (TPSA) is 57.6 Å². The third-order valence-electron chi connectivity index (χ3n) is 5.35. The van der Waals surface area contributed by atoms with Crippen molar-refractivity contribution in [3.8, 4) is 0 Å². The maximum Gasteiger partial charge on any atom is 0.303 e. The highest BCUT2D eigenvalue weighted by Crippen LogP contribution is 2.30. The van der Waals surface area contributed by atoms with Gasteiger partial charge in [-0.15, -0.1) is 0 Å². The van der Waals surface area contributed by atoms with Gasteiger partial charge >= 0.3 is 5.97 Å². The lowest BCUT2D eigenvalue weighted by molar-refractivity contribution is -0.138. The van der Waals surface area contributed by atoms with Gasteiger partial charge in [0.25, 0.3) is 0 Å². The van der Waals surface area contributed by atoms with Crippen LogP contribution in [0.4, 0.5) is 0 Å². The van der Waals surface area contributed by atoms with E-state index < -0.39 is 5.97 Å². The molecular weight excluding hydrogens is 266 g/mol. The summed E-state index contributed by atoms with van der Waals surface area (Å²) in [5.74, 6) is 0.833. The summed E-state index contributed by atoms with van der Waals surface area (Å²) >= 11 is 0. The van der Waals surface area contributed by atoms with Crippen LogP contribution in [0.5, 0.6) is 0 Å². The van der Waals surface area contributed by atoms with Crippen LogP contribution in [0.25, 0.3) is 0 Å². The molecule has 1 aliphatic heterocycles. The van der Waals surface area contributed by atoms with Gasteiger partial charge in [0.1, 0.15) is 0 Å². The third kappa shape index (κ3) is 5.01. The van der Waals surface area contributed by atoms with Gasteiger partial charge in [0.15, 0.2) is 0 Å². The lowest BCUT2D eigenvalue weighted by Gasteiger charge is -2.35. The Morgan fingerprint density at radius 2 is 1.90 bits per heavy atom. The summed E-state index contributed by atoms with van der Waals surface area (Å²) in [5, 5.41) is 8.91. The second kappa shape index (κ2) is 7.81. The van der Waals surface area contributed by atoms with Gasteiger partial charge in [-0.2, -0.15) is 0 Å². The molecule has 1 saturated heterocycles. The summed E-state index contributed by atoms with van der Waals surface area (Å²) in [6.45, 7) is 3.63. The van der Waals surface area contributed by atoms with E-state index in [-0.39, 0.29) is 18.2 Å². The summed E-state index contributed by atoms with van der Waals surface area (Å²) < 4.78 is 0. The molecule has 2 unspecified atom stereocenters. The fraction of sp³-hybridized carbons (Fsp3) is 0.882. The van der Waals surface area contributed by atoms with E-state index in [9.17, 15) is 9.59 Å². The Balaban J connectivity index is 1.76. The Bertz CT molecular complexity index is 363. The van der Waals surface area contributed by atoms with Crippen LogP contribution >= 0.6 is 0 Å². The normalized spacial score (nSPS) is 25.0. The molecule has 2 aliphatic rings. The summed E-state index contributed by atoms with van der Waals surface area (Å²) in [6, 6.07) is 0. The molecule has 0 spiro atoms. The van der Waals surface area contributed by atoms with E-state index >= 15 is 0 Å². The standard InChI is InChI=1S/C17H29NO3/c1-13(11-17(20)21)15-7-4-10-18(12-15)16(19)9-8-14-5-2-3-6-14/h13-15H,2-12H2,1H3,(H,20,21). The minimum absolute atomic E-state index is 0.160. The predicted molar refractivity (Wildman–Crippen MR) is 81.9 cm³/mol. The van der Waals surface area contributed by atoms with E-state index in [4.69, 9.17) is 5.11 Å². The number of likely N-dealkylation sites (tertiary alicyclic amines) is 1. The Labute approximate surface area is 127 Å². The van der Waals surface area contributed by atoms with Crippen molar-refractivity contribution < 1.29 is 14.7 Å². The zero-order chi connectivity index (χ0) is 15.2. The molecule has 21 heavy (non-hydrogen) atoms. The number of piperidine rings is 1. The van der Waals surface area contributed by atoms with Gasteiger partial charge in [-0.3, -0.25) is 9.59 Å². The number of carbonyl (C=O) groups excluding carboxylic acids is 1. The zero-order valence-corrected chi connectivity index (χ0v) is 13.2. The largest absolute Gasteiger partial charge is 0.481 e. The molecule has 1 heterocycles. The van der Waals surface area contributed by atoms with Crippen LogP contribution < -0.4 is 0 Å². The van der Waals surface area contributed by atoms with Crippen LogP contribution in [-0.4, -0.2) is 35.0 Å². The second-order valence-corrected chi connectivity index (χ2v) is 7.01. The zero-order valence-electron chi connectivity index (χ0n) is 13.2. The van der Waals surface area contributed by atoms with E-state index in [1.165, 1.54) is 25.7 Å². The van der Waals surface area contributed by atoms with Crippen LogP contribution in [0, 0.1) is 17.8 Å². The molecule has 0 bridgehead atoms. The molecule has 0 aromatic rings. The van der Waals surface area contributed by atoms with Crippen molar-refractivity contribution in [2.75, 3.05) is 13.1 Å². The number of aliphatic carboxylic acids is 1.